The number of hydrogen-bond acceptors (Lipinski definition) is 2. The second-order valence-corrected chi connectivity index (χ2v) is 3.49. The van der Waals surface area contributed by atoms with E-state index in [-0.39, 0.29) is 10.0 Å². The van der Waals surface area contributed by atoms with E-state index in [2.05, 4.69) is 0 Å². The van der Waals surface area contributed by atoms with Crippen LogP contribution in [0, 0.1) is 0 Å². The molecule has 0 unspecified atom stereocenters. The Labute approximate surface area is 69.6 Å². The lowest BCUT2D eigenvalue weighted by Gasteiger charge is -1.99. The van der Waals surface area contributed by atoms with Gasteiger partial charge in [0, 0.05) is 0 Å². The average molecular weight is 202 g/mol. The minimum absolute atomic E-state index is 0.0164. The van der Waals surface area contributed by atoms with E-state index in [0.29, 0.717) is 11.3 Å². The monoisotopic (exact) mass is 201 g/mol. The van der Waals surface area contributed by atoms with E-state index in [1.54, 1.807) is 0 Å². The van der Waals surface area contributed by atoms with E-state index in [4.69, 9.17) is 17.3 Å². The van der Waals surface area contributed by atoms with Gasteiger partial charge in [-0.2, -0.15) is 13.2 Å². The molecule has 0 fully saturated rings. The summed E-state index contributed by atoms with van der Waals surface area (Å²) in [5.74, 6) is 0. The van der Waals surface area contributed by atoms with Gasteiger partial charge in [0.05, 0.1) is 5.69 Å². The number of anilines is 1. The van der Waals surface area contributed by atoms with Gasteiger partial charge in [-0.3, -0.25) is 0 Å². The van der Waals surface area contributed by atoms with Crippen LogP contribution in [0.1, 0.15) is 4.88 Å². The van der Waals surface area contributed by atoms with E-state index in [1.165, 1.54) is 0 Å². The molecule has 1 aromatic rings. The Balaban J connectivity index is 3.08. The number of rotatable bonds is 0. The fraction of sp³-hybridized carbons (Fsp3) is 0.200. The van der Waals surface area contributed by atoms with E-state index in [1.807, 2.05) is 0 Å². The van der Waals surface area contributed by atoms with Crippen molar-refractivity contribution in [1.29, 1.82) is 0 Å². The summed E-state index contributed by atoms with van der Waals surface area (Å²) in [5.41, 5.74) is 5.09. The van der Waals surface area contributed by atoms with Gasteiger partial charge in [0.2, 0.25) is 0 Å². The number of nitrogens with two attached hydrogens (primary N) is 1. The molecule has 0 saturated carbocycles. The van der Waals surface area contributed by atoms with Crippen LogP contribution in [0.15, 0.2) is 6.07 Å². The van der Waals surface area contributed by atoms with Crippen LogP contribution in [0.3, 0.4) is 0 Å². The third-order valence-corrected chi connectivity index (χ3v) is 2.43. The summed E-state index contributed by atoms with van der Waals surface area (Å²) in [6.07, 6.45) is -4.34. The molecule has 62 valence electrons. The number of halogens is 4. The van der Waals surface area contributed by atoms with Crippen LogP contribution in [-0.2, 0) is 6.18 Å². The zero-order valence-electron chi connectivity index (χ0n) is 5.07. The number of alkyl halides is 3. The SMILES string of the molecule is Nc1cc(C(F)(F)F)sc1Cl. The van der Waals surface area contributed by atoms with Crippen LogP contribution in [0.2, 0.25) is 4.34 Å². The largest absolute Gasteiger partial charge is 0.425 e. The summed E-state index contributed by atoms with van der Waals surface area (Å²) in [7, 11) is 0. The van der Waals surface area contributed by atoms with E-state index >= 15 is 0 Å². The molecule has 1 rings (SSSR count). The van der Waals surface area contributed by atoms with Crippen molar-refractivity contribution in [2.24, 2.45) is 0 Å². The smallest absolute Gasteiger partial charge is 0.397 e. The summed E-state index contributed by atoms with van der Waals surface area (Å²) >= 11 is 5.77. The third kappa shape index (κ3) is 1.78. The second-order valence-electron chi connectivity index (χ2n) is 1.84. The molecule has 11 heavy (non-hydrogen) atoms. The molecule has 1 aromatic heterocycles. The fourth-order valence-electron chi connectivity index (χ4n) is 0.523. The molecule has 2 N–H and O–H groups in total. The van der Waals surface area contributed by atoms with Crippen molar-refractivity contribution < 1.29 is 13.2 Å². The molecule has 0 aliphatic rings. The molecule has 0 saturated heterocycles. The molecule has 0 radical (unpaired) electrons. The van der Waals surface area contributed by atoms with Crippen LogP contribution in [0.5, 0.6) is 0 Å². The summed E-state index contributed by atoms with van der Waals surface area (Å²) in [5, 5.41) is 0. The highest BCUT2D eigenvalue weighted by Gasteiger charge is 2.33. The van der Waals surface area contributed by atoms with Gasteiger partial charge in [-0.25, -0.2) is 0 Å². The molecule has 1 heterocycles. The molecule has 0 spiro atoms. The van der Waals surface area contributed by atoms with Crippen molar-refractivity contribution >= 4 is 28.6 Å². The summed E-state index contributed by atoms with van der Waals surface area (Å²) < 4.78 is 35.6. The Kier molecular flexibility index (Phi) is 2.02. The quantitative estimate of drug-likeness (QED) is 0.686. The zero-order chi connectivity index (χ0) is 8.65. The van der Waals surface area contributed by atoms with E-state index in [9.17, 15) is 13.2 Å². The molecule has 1 nitrogen and oxygen atoms in total. The van der Waals surface area contributed by atoms with Crippen LogP contribution in [-0.4, -0.2) is 0 Å². The number of nitrogen functional groups attached to an aromatic ring is 1. The Morgan fingerprint density at radius 3 is 2.18 bits per heavy atom. The first-order chi connectivity index (χ1) is 4.91. The highest BCUT2D eigenvalue weighted by Crippen LogP contribution is 2.39. The first-order valence-electron chi connectivity index (χ1n) is 2.53. The maximum atomic E-state index is 11.9. The first-order valence-corrected chi connectivity index (χ1v) is 3.72. The Bertz CT molecular complexity index is 248. The van der Waals surface area contributed by atoms with E-state index in [0.717, 1.165) is 6.07 Å². The minimum Gasteiger partial charge on any atom is -0.397 e. The van der Waals surface area contributed by atoms with Crippen LogP contribution in [0.4, 0.5) is 18.9 Å². The van der Waals surface area contributed by atoms with Gasteiger partial charge in [0.25, 0.3) is 0 Å². The highest BCUT2D eigenvalue weighted by atomic mass is 35.5. The third-order valence-electron chi connectivity index (χ3n) is 0.993. The Hall–Kier alpha value is -0.420. The van der Waals surface area contributed by atoms with Crippen LogP contribution < -0.4 is 5.73 Å². The van der Waals surface area contributed by atoms with Gasteiger partial charge in [-0.15, -0.1) is 11.3 Å². The van der Waals surface area contributed by atoms with Gasteiger partial charge >= 0.3 is 6.18 Å². The van der Waals surface area contributed by atoms with Crippen LogP contribution >= 0.6 is 22.9 Å². The molecule has 6 heteroatoms. The van der Waals surface area contributed by atoms with E-state index < -0.39 is 11.1 Å². The van der Waals surface area contributed by atoms with Gasteiger partial charge in [-0.1, -0.05) is 11.6 Å². The van der Waals surface area contributed by atoms with Gasteiger partial charge in [0.15, 0.2) is 0 Å². The van der Waals surface area contributed by atoms with Crippen molar-refractivity contribution in [1.82, 2.24) is 0 Å². The summed E-state index contributed by atoms with van der Waals surface area (Å²) in [4.78, 5) is -0.764. The van der Waals surface area contributed by atoms with Crippen molar-refractivity contribution in [3.8, 4) is 0 Å². The predicted octanol–water partition coefficient (Wildman–Crippen LogP) is 3.00. The normalized spacial score (nSPS) is 12.0. The molecule has 0 aliphatic heterocycles. The Morgan fingerprint density at radius 2 is 2.00 bits per heavy atom. The number of hydrogen-bond donors (Lipinski definition) is 1. The lowest BCUT2D eigenvalue weighted by Crippen LogP contribution is -2.00. The molecule has 0 bridgehead atoms. The molecular formula is C5H3ClF3NS. The topological polar surface area (TPSA) is 26.0 Å². The molecule has 0 amide bonds. The van der Waals surface area contributed by atoms with Crippen molar-refractivity contribution in [2.45, 2.75) is 6.18 Å². The maximum Gasteiger partial charge on any atom is 0.425 e. The zero-order valence-corrected chi connectivity index (χ0v) is 6.65. The highest BCUT2D eigenvalue weighted by molar-refractivity contribution is 7.17. The molecule has 0 aromatic carbocycles. The summed E-state index contributed by atoms with van der Waals surface area (Å²) in [6, 6.07) is 0.826. The first kappa shape index (κ1) is 8.67. The van der Waals surface area contributed by atoms with Crippen molar-refractivity contribution in [2.75, 3.05) is 5.73 Å². The lowest BCUT2D eigenvalue weighted by molar-refractivity contribution is -0.134. The molecular weight excluding hydrogens is 199 g/mol. The average Bonchev–Trinajstić information content (AvgIpc) is 2.11. The van der Waals surface area contributed by atoms with Crippen molar-refractivity contribution in [3.63, 3.8) is 0 Å². The lowest BCUT2D eigenvalue weighted by atomic mass is 10.4. The van der Waals surface area contributed by atoms with Gasteiger partial charge < -0.3 is 5.73 Å². The number of thiophene rings is 1. The standard InChI is InChI=1S/C5H3ClF3NS/c6-4-2(10)1-3(11-4)5(7,8)9/h1H,10H2. The van der Waals surface area contributed by atoms with Gasteiger partial charge in [-0.05, 0) is 6.07 Å². The Morgan fingerprint density at radius 1 is 1.45 bits per heavy atom. The molecule has 0 atom stereocenters. The van der Waals surface area contributed by atoms with Crippen LogP contribution in [0.25, 0.3) is 0 Å². The predicted molar refractivity (Wildman–Crippen MR) is 38.7 cm³/mol. The second kappa shape index (κ2) is 2.57. The maximum absolute atomic E-state index is 11.9. The van der Waals surface area contributed by atoms with Crippen molar-refractivity contribution in [3.05, 3.63) is 15.3 Å². The fourth-order valence-corrected chi connectivity index (χ4v) is 1.50. The molecule has 0 aliphatic carbocycles. The summed E-state index contributed by atoms with van der Waals surface area (Å²) in [6.45, 7) is 0. The minimum atomic E-state index is -4.34. The van der Waals surface area contributed by atoms with Gasteiger partial charge in [0.1, 0.15) is 9.21 Å².